The van der Waals surface area contributed by atoms with E-state index in [1.165, 1.54) is 25.0 Å². The van der Waals surface area contributed by atoms with Gasteiger partial charge in [0.05, 0.1) is 26.3 Å². The zero-order chi connectivity index (χ0) is 13.1. The standard InChI is InChI=1S/C8H13N3O5S/c1-10(16-2)17(14,15)7-5-9-11(6-7)4-3-8(12)13/h5-6H,3-4H2,1-2H3,(H,12,13). The Balaban J connectivity index is 2.84. The normalized spacial score (nSPS) is 11.9. The zero-order valence-electron chi connectivity index (χ0n) is 9.40. The lowest BCUT2D eigenvalue weighted by Crippen LogP contribution is -2.25. The van der Waals surface area contributed by atoms with Gasteiger partial charge < -0.3 is 5.11 Å². The monoisotopic (exact) mass is 263 g/mol. The lowest BCUT2D eigenvalue weighted by atomic mass is 10.4. The molecule has 1 heterocycles. The fourth-order valence-electron chi connectivity index (χ4n) is 1.06. The third-order valence-electron chi connectivity index (χ3n) is 2.06. The number of aryl methyl sites for hydroxylation is 1. The molecule has 0 fully saturated rings. The molecule has 8 nitrogen and oxygen atoms in total. The van der Waals surface area contributed by atoms with Gasteiger partial charge in [-0.15, -0.1) is 0 Å². The molecule has 9 heteroatoms. The molecule has 0 saturated carbocycles. The van der Waals surface area contributed by atoms with Gasteiger partial charge in [0, 0.05) is 13.2 Å². The summed E-state index contributed by atoms with van der Waals surface area (Å²) in [6, 6.07) is 0. The number of hydroxylamine groups is 1. The predicted molar refractivity (Wildman–Crippen MR) is 56.4 cm³/mol. The molecule has 96 valence electrons. The second-order valence-corrected chi connectivity index (χ2v) is 5.12. The fraction of sp³-hybridized carbons (Fsp3) is 0.500. The first-order chi connectivity index (χ1) is 7.87. The van der Waals surface area contributed by atoms with E-state index in [0.717, 1.165) is 6.20 Å². The quantitative estimate of drug-likeness (QED) is 0.697. The second-order valence-electron chi connectivity index (χ2n) is 3.18. The van der Waals surface area contributed by atoms with Crippen LogP contribution in [0.4, 0.5) is 0 Å². The molecule has 0 aliphatic heterocycles. The highest BCUT2D eigenvalue weighted by Gasteiger charge is 2.22. The van der Waals surface area contributed by atoms with E-state index in [4.69, 9.17) is 5.11 Å². The van der Waals surface area contributed by atoms with Crippen molar-refractivity contribution in [3.05, 3.63) is 12.4 Å². The topological polar surface area (TPSA) is 102 Å². The summed E-state index contributed by atoms with van der Waals surface area (Å²) in [5.41, 5.74) is 0. The Labute approximate surface area is 98.4 Å². The maximum atomic E-state index is 11.7. The molecule has 0 aromatic carbocycles. The summed E-state index contributed by atoms with van der Waals surface area (Å²) in [4.78, 5) is 14.9. The first-order valence-electron chi connectivity index (χ1n) is 4.65. The Morgan fingerprint density at radius 2 is 2.29 bits per heavy atom. The van der Waals surface area contributed by atoms with Crippen molar-refractivity contribution in [3.63, 3.8) is 0 Å². The van der Waals surface area contributed by atoms with Crippen LogP contribution in [0.3, 0.4) is 0 Å². The number of rotatable bonds is 6. The van der Waals surface area contributed by atoms with Crippen LogP contribution in [0, 0.1) is 0 Å². The number of aliphatic carboxylic acids is 1. The summed E-state index contributed by atoms with van der Waals surface area (Å²) in [7, 11) is -1.24. The Bertz CT molecular complexity index is 495. The number of sulfonamides is 1. The highest BCUT2D eigenvalue weighted by Crippen LogP contribution is 2.12. The van der Waals surface area contributed by atoms with Crippen molar-refractivity contribution in [1.29, 1.82) is 0 Å². The lowest BCUT2D eigenvalue weighted by molar-refractivity contribution is -0.137. The predicted octanol–water partition coefficient (Wildman–Crippen LogP) is -0.460. The number of aromatic nitrogens is 2. The molecule has 1 N–H and O–H groups in total. The second kappa shape index (κ2) is 5.25. The summed E-state index contributed by atoms with van der Waals surface area (Å²) in [6.45, 7) is 0.113. The van der Waals surface area contributed by atoms with Crippen molar-refractivity contribution in [2.45, 2.75) is 17.9 Å². The molecule has 1 rings (SSSR count). The molecule has 0 spiro atoms. The Morgan fingerprint density at radius 3 is 2.82 bits per heavy atom. The van der Waals surface area contributed by atoms with E-state index >= 15 is 0 Å². The molecule has 0 bridgehead atoms. The van der Waals surface area contributed by atoms with E-state index in [1.807, 2.05) is 0 Å². The van der Waals surface area contributed by atoms with Crippen LogP contribution in [0.25, 0.3) is 0 Å². The summed E-state index contributed by atoms with van der Waals surface area (Å²) in [6.07, 6.45) is 2.28. The van der Waals surface area contributed by atoms with Crippen molar-refractivity contribution >= 4 is 16.0 Å². The van der Waals surface area contributed by atoms with Gasteiger partial charge in [0.1, 0.15) is 4.90 Å². The zero-order valence-corrected chi connectivity index (χ0v) is 10.2. The van der Waals surface area contributed by atoms with E-state index in [9.17, 15) is 13.2 Å². The summed E-state index contributed by atoms with van der Waals surface area (Å²) >= 11 is 0. The van der Waals surface area contributed by atoms with Crippen LogP contribution in [0.2, 0.25) is 0 Å². The van der Waals surface area contributed by atoms with Gasteiger partial charge in [0.2, 0.25) is 0 Å². The van der Waals surface area contributed by atoms with Crippen LogP contribution in [0.1, 0.15) is 6.42 Å². The minimum Gasteiger partial charge on any atom is -0.481 e. The molecule has 17 heavy (non-hydrogen) atoms. The number of nitrogens with zero attached hydrogens (tertiary/aromatic N) is 3. The molecule has 1 aromatic heterocycles. The SMILES string of the molecule is CON(C)S(=O)(=O)c1cnn(CCC(=O)O)c1. The van der Waals surface area contributed by atoms with E-state index in [1.54, 1.807) is 0 Å². The minimum atomic E-state index is -3.73. The lowest BCUT2D eigenvalue weighted by Gasteiger charge is -2.11. The molecule has 0 unspecified atom stereocenters. The van der Waals surface area contributed by atoms with Crippen molar-refractivity contribution < 1.29 is 23.2 Å². The van der Waals surface area contributed by atoms with Gasteiger partial charge in [-0.05, 0) is 0 Å². The van der Waals surface area contributed by atoms with E-state index in [-0.39, 0.29) is 17.9 Å². The molecular weight excluding hydrogens is 250 g/mol. The molecule has 1 aromatic rings. The molecule has 0 atom stereocenters. The highest BCUT2D eigenvalue weighted by molar-refractivity contribution is 7.89. The highest BCUT2D eigenvalue weighted by atomic mass is 32.2. The molecular formula is C8H13N3O5S. The Hall–Kier alpha value is -1.45. The van der Waals surface area contributed by atoms with Gasteiger partial charge in [-0.25, -0.2) is 8.42 Å². The van der Waals surface area contributed by atoms with E-state index < -0.39 is 16.0 Å². The largest absolute Gasteiger partial charge is 0.481 e. The van der Waals surface area contributed by atoms with Crippen LogP contribution in [-0.4, -0.2) is 47.9 Å². The summed E-state index contributed by atoms with van der Waals surface area (Å²) in [5.74, 6) is -0.973. The van der Waals surface area contributed by atoms with Crippen molar-refractivity contribution in [3.8, 4) is 0 Å². The minimum absolute atomic E-state index is 0.0489. The van der Waals surface area contributed by atoms with Gasteiger partial charge in [0.15, 0.2) is 0 Å². The summed E-state index contributed by atoms with van der Waals surface area (Å²) < 4.78 is 25.4. The maximum Gasteiger partial charge on any atom is 0.305 e. The smallest absolute Gasteiger partial charge is 0.305 e. The average Bonchev–Trinajstić information content (AvgIpc) is 2.74. The molecule has 0 aliphatic rings. The third-order valence-corrected chi connectivity index (χ3v) is 3.69. The molecule has 0 aliphatic carbocycles. The van der Waals surface area contributed by atoms with Gasteiger partial charge in [0.25, 0.3) is 10.0 Å². The average molecular weight is 263 g/mol. The van der Waals surface area contributed by atoms with Crippen molar-refractivity contribution in [2.24, 2.45) is 0 Å². The molecule has 0 saturated heterocycles. The van der Waals surface area contributed by atoms with Gasteiger partial charge >= 0.3 is 5.97 Å². The Kier molecular flexibility index (Phi) is 4.21. The number of hydrogen-bond donors (Lipinski definition) is 1. The van der Waals surface area contributed by atoms with Crippen LogP contribution < -0.4 is 0 Å². The van der Waals surface area contributed by atoms with Gasteiger partial charge in [-0.1, -0.05) is 4.47 Å². The Morgan fingerprint density at radius 1 is 1.65 bits per heavy atom. The van der Waals surface area contributed by atoms with Crippen molar-refractivity contribution in [2.75, 3.05) is 14.2 Å². The first kappa shape index (κ1) is 13.6. The van der Waals surface area contributed by atoms with Crippen LogP contribution >= 0.6 is 0 Å². The van der Waals surface area contributed by atoms with E-state index in [2.05, 4.69) is 9.94 Å². The van der Waals surface area contributed by atoms with E-state index in [0.29, 0.717) is 4.47 Å². The number of hydrogen-bond acceptors (Lipinski definition) is 5. The molecule has 0 radical (unpaired) electrons. The van der Waals surface area contributed by atoms with Crippen molar-refractivity contribution in [1.82, 2.24) is 14.2 Å². The number of carboxylic acid groups (broad SMARTS) is 1. The van der Waals surface area contributed by atoms with Gasteiger partial charge in [-0.2, -0.15) is 5.10 Å². The third kappa shape index (κ3) is 3.25. The number of carbonyl (C=O) groups is 1. The van der Waals surface area contributed by atoms with Crippen LogP contribution in [-0.2, 0) is 26.2 Å². The van der Waals surface area contributed by atoms with Gasteiger partial charge in [-0.3, -0.25) is 14.3 Å². The molecule has 0 amide bonds. The van der Waals surface area contributed by atoms with Crippen LogP contribution in [0.5, 0.6) is 0 Å². The first-order valence-corrected chi connectivity index (χ1v) is 6.09. The summed E-state index contributed by atoms with van der Waals surface area (Å²) in [5, 5.41) is 12.2. The van der Waals surface area contributed by atoms with Crippen LogP contribution in [0.15, 0.2) is 17.3 Å². The fourth-order valence-corrected chi connectivity index (χ4v) is 1.99. The maximum absolute atomic E-state index is 11.7. The number of carboxylic acids is 1.